The van der Waals surface area contributed by atoms with Crippen molar-refractivity contribution < 1.29 is 4.39 Å². The molecule has 0 aliphatic rings. The monoisotopic (exact) mass is 256 g/mol. The van der Waals surface area contributed by atoms with Crippen molar-refractivity contribution in [1.82, 2.24) is 0 Å². The van der Waals surface area contributed by atoms with Crippen molar-refractivity contribution in [1.29, 1.82) is 0 Å². The Morgan fingerprint density at radius 2 is 2.05 bits per heavy atom. The van der Waals surface area contributed by atoms with Crippen LogP contribution in [0.1, 0.15) is 32.8 Å². The molecule has 0 bridgehead atoms. The lowest BCUT2D eigenvalue weighted by Crippen LogP contribution is -1.87. The van der Waals surface area contributed by atoms with Crippen LogP contribution in [0, 0.1) is 5.82 Å². The van der Waals surface area contributed by atoms with Gasteiger partial charge in [-0.05, 0) is 49.1 Å². The molecular formula is C18H21F. The summed E-state index contributed by atoms with van der Waals surface area (Å²) in [7, 11) is 0. The first-order chi connectivity index (χ1) is 9.08. The van der Waals surface area contributed by atoms with Crippen molar-refractivity contribution in [2.45, 2.75) is 27.2 Å². The summed E-state index contributed by atoms with van der Waals surface area (Å²) in [6.45, 7) is 9.90. The van der Waals surface area contributed by atoms with Crippen LogP contribution in [0.2, 0.25) is 0 Å². The summed E-state index contributed by atoms with van der Waals surface area (Å²) in [6, 6.07) is 6.74. The van der Waals surface area contributed by atoms with E-state index in [9.17, 15) is 4.39 Å². The zero-order valence-corrected chi connectivity index (χ0v) is 11.9. The molecule has 0 fully saturated rings. The minimum Gasteiger partial charge on any atom is -0.207 e. The Labute approximate surface area is 115 Å². The second kappa shape index (κ2) is 7.52. The lowest BCUT2D eigenvalue weighted by Gasteiger charge is -2.07. The van der Waals surface area contributed by atoms with E-state index in [1.165, 1.54) is 11.6 Å². The van der Waals surface area contributed by atoms with Gasteiger partial charge in [-0.2, -0.15) is 0 Å². The van der Waals surface area contributed by atoms with Gasteiger partial charge in [-0.25, -0.2) is 4.39 Å². The Hall–Kier alpha value is -1.89. The van der Waals surface area contributed by atoms with Crippen molar-refractivity contribution in [2.75, 3.05) is 0 Å². The number of allylic oxidation sites excluding steroid dienone is 7. The average molecular weight is 256 g/mol. The maximum Gasteiger partial charge on any atom is 0.123 e. The van der Waals surface area contributed by atoms with Gasteiger partial charge in [-0.1, -0.05) is 55.5 Å². The second-order valence-electron chi connectivity index (χ2n) is 4.58. The molecule has 0 nitrogen and oxygen atoms in total. The summed E-state index contributed by atoms with van der Waals surface area (Å²) >= 11 is 0. The maximum absolute atomic E-state index is 13.3. The highest BCUT2D eigenvalue weighted by atomic mass is 19.1. The average Bonchev–Trinajstić information content (AvgIpc) is 2.38. The molecule has 0 saturated carbocycles. The van der Waals surface area contributed by atoms with Crippen LogP contribution in [-0.4, -0.2) is 0 Å². The third-order valence-corrected chi connectivity index (χ3v) is 2.90. The number of rotatable bonds is 5. The minimum absolute atomic E-state index is 0.197. The highest BCUT2D eigenvalue weighted by Gasteiger charge is 2.02. The smallest absolute Gasteiger partial charge is 0.123 e. The Morgan fingerprint density at radius 3 is 2.58 bits per heavy atom. The van der Waals surface area contributed by atoms with Gasteiger partial charge in [-0.15, -0.1) is 0 Å². The molecule has 1 heteroatoms. The molecule has 1 aromatic rings. The summed E-state index contributed by atoms with van der Waals surface area (Å²) < 4.78 is 13.3. The predicted octanol–water partition coefficient (Wildman–Crippen LogP) is 5.70. The van der Waals surface area contributed by atoms with Crippen LogP contribution in [0.15, 0.2) is 66.3 Å². The van der Waals surface area contributed by atoms with Crippen LogP contribution in [0.25, 0.3) is 5.57 Å². The van der Waals surface area contributed by atoms with Crippen LogP contribution >= 0.6 is 0 Å². The Morgan fingerprint density at radius 1 is 1.32 bits per heavy atom. The van der Waals surface area contributed by atoms with Crippen LogP contribution < -0.4 is 0 Å². The van der Waals surface area contributed by atoms with Crippen molar-refractivity contribution in [3.63, 3.8) is 0 Å². The van der Waals surface area contributed by atoms with Crippen LogP contribution in [0.5, 0.6) is 0 Å². The van der Waals surface area contributed by atoms with Gasteiger partial charge in [0.1, 0.15) is 5.82 Å². The third kappa shape index (κ3) is 4.70. The highest BCUT2D eigenvalue weighted by molar-refractivity contribution is 5.69. The lowest BCUT2D eigenvalue weighted by atomic mass is 9.98. The van der Waals surface area contributed by atoms with Crippen molar-refractivity contribution >= 4 is 5.57 Å². The minimum atomic E-state index is -0.197. The molecular weight excluding hydrogens is 235 g/mol. The first kappa shape index (κ1) is 15.2. The molecule has 19 heavy (non-hydrogen) atoms. The molecule has 0 radical (unpaired) electrons. The largest absolute Gasteiger partial charge is 0.207 e. The Bertz CT molecular complexity index is 526. The molecule has 0 aliphatic carbocycles. The van der Waals surface area contributed by atoms with E-state index in [-0.39, 0.29) is 5.82 Å². The molecule has 0 unspecified atom stereocenters. The molecule has 1 aromatic carbocycles. The third-order valence-electron chi connectivity index (χ3n) is 2.90. The highest BCUT2D eigenvalue weighted by Crippen LogP contribution is 2.22. The standard InChI is InChI=1S/C18H21F/c1-5-7-9-16(14(3)4)12-15(6-2)17-10-8-11-18(19)13-17/h5,7-13H,1,6H2,2-4H3/b9-7-,15-12+. The lowest BCUT2D eigenvalue weighted by molar-refractivity contribution is 0.627. The molecule has 100 valence electrons. The summed E-state index contributed by atoms with van der Waals surface area (Å²) in [5.74, 6) is -0.197. The maximum atomic E-state index is 13.3. The van der Waals surface area contributed by atoms with E-state index in [1.807, 2.05) is 18.2 Å². The van der Waals surface area contributed by atoms with Crippen molar-refractivity contribution in [3.05, 3.63) is 77.7 Å². The summed E-state index contributed by atoms with van der Waals surface area (Å²) in [5, 5.41) is 0. The fourth-order valence-corrected chi connectivity index (χ4v) is 1.80. The molecule has 0 aliphatic heterocycles. The van der Waals surface area contributed by atoms with E-state index in [0.717, 1.165) is 23.1 Å². The van der Waals surface area contributed by atoms with E-state index in [2.05, 4.69) is 33.4 Å². The normalized spacial score (nSPS) is 11.7. The van der Waals surface area contributed by atoms with Crippen LogP contribution in [-0.2, 0) is 0 Å². The van der Waals surface area contributed by atoms with E-state index in [4.69, 9.17) is 0 Å². The van der Waals surface area contributed by atoms with E-state index < -0.39 is 0 Å². The van der Waals surface area contributed by atoms with Gasteiger partial charge in [0.05, 0.1) is 0 Å². The first-order valence-corrected chi connectivity index (χ1v) is 6.51. The molecule has 0 saturated heterocycles. The molecule has 1 rings (SSSR count). The topological polar surface area (TPSA) is 0 Å². The van der Waals surface area contributed by atoms with Gasteiger partial charge in [0.15, 0.2) is 0 Å². The molecule has 0 amide bonds. The summed E-state index contributed by atoms with van der Waals surface area (Å²) in [5.41, 5.74) is 4.43. The fraction of sp³-hybridized carbons (Fsp3) is 0.222. The molecule has 0 heterocycles. The molecule has 0 aromatic heterocycles. The van der Waals surface area contributed by atoms with E-state index >= 15 is 0 Å². The van der Waals surface area contributed by atoms with Gasteiger partial charge < -0.3 is 0 Å². The van der Waals surface area contributed by atoms with Crippen molar-refractivity contribution in [2.24, 2.45) is 0 Å². The van der Waals surface area contributed by atoms with Gasteiger partial charge in [0, 0.05) is 0 Å². The number of hydrogen-bond donors (Lipinski definition) is 0. The Balaban J connectivity index is 3.21. The number of hydrogen-bond acceptors (Lipinski definition) is 0. The first-order valence-electron chi connectivity index (χ1n) is 6.51. The van der Waals surface area contributed by atoms with Crippen LogP contribution in [0.4, 0.5) is 4.39 Å². The zero-order valence-electron chi connectivity index (χ0n) is 11.9. The quantitative estimate of drug-likeness (QED) is 0.593. The Kier molecular flexibility index (Phi) is 6.01. The number of benzene rings is 1. The number of halogens is 1. The summed E-state index contributed by atoms with van der Waals surface area (Å²) in [6.07, 6.45) is 8.67. The van der Waals surface area contributed by atoms with Crippen LogP contribution in [0.3, 0.4) is 0 Å². The van der Waals surface area contributed by atoms with Gasteiger partial charge in [0.2, 0.25) is 0 Å². The second-order valence-corrected chi connectivity index (χ2v) is 4.58. The SMILES string of the molecule is C=C/C=C\C(/C=C(\CC)c1cccc(F)c1)=C(C)C. The summed E-state index contributed by atoms with van der Waals surface area (Å²) in [4.78, 5) is 0. The molecule has 0 atom stereocenters. The zero-order chi connectivity index (χ0) is 14.3. The van der Waals surface area contributed by atoms with Gasteiger partial charge >= 0.3 is 0 Å². The predicted molar refractivity (Wildman–Crippen MR) is 82.4 cm³/mol. The van der Waals surface area contributed by atoms with Crippen molar-refractivity contribution in [3.8, 4) is 0 Å². The van der Waals surface area contributed by atoms with E-state index in [0.29, 0.717) is 0 Å². The molecule has 0 N–H and O–H groups in total. The molecule has 0 spiro atoms. The van der Waals surface area contributed by atoms with E-state index in [1.54, 1.807) is 18.2 Å². The van der Waals surface area contributed by atoms with Gasteiger partial charge in [0.25, 0.3) is 0 Å². The fourth-order valence-electron chi connectivity index (χ4n) is 1.80. The van der Waals surface area contributed by atoms with Gasteiger partial charge in [-0.3, -0.25) is 0 Å².